The maximum atomic E-state index is 13.0. The minimum Gasteiger partial charge on any atom is -0.497 e. The van der Waals surface area contributed by atoms with Crippen molar-refractivity contribution in [2.45, 2.75) is 6.04 Å². The van der Waals surface area contributed by atoms with E-state index in [1.807, 2.05) is 54.6 Å². The molecule has 0 bridgehead atoms. The van der Waals surface area contributed by atoms with Crippen molar-refractivity contribution in [1.82, 2.24) is 5.32 Å². The minimum absolute atomic E-state index is 0.179. The van der Waals surface area contributed by atoms with Crippen molar-refractivity contribution in [3.63, 3.8) is 0 Å². The molecule has 0 radical (unpaired) electrons. The van der Waals surface area contributed by atoms with E-state index in [1.54, 1.807) is 25.3 Å². The predicted octanol–water partition coefficient (Wildman–Crippen LogP) is 3.99. The molecule has 1 N–H and O–H groups in total. The van der Waals surface area contributed by atoms with Crippen LogP contribution in [0.4, 0.5) is 0 Å². The van der Waals surface area contributed by atoms with Gasteiger partial charge in [0.05, 0.1) is 13.2 Å². The molecule has 0 aliphatic carbocycles. The standard InChI is InChI=1S/C23H21NO4/c1-26-19-10-7-17(8-11-19)22(16-5-3-2-4-6-16)24-23(25)18-9-12-20-21(15-18)28-14-13-27-20/h2-12,15,22H,13-14H2,1H3,(H,24,25). The Kier molecular flexibility index (Phi) is 5.15. The Bertz CT molecular complexity index is 954. The van der Waals surface area contributed by atoms with Crippen LogP contribution in [0.2, 0.25) is 0 Å². The first-order valence-electron chi connectivity index (χ1n) is 9.14. The number of hydrogen-bond donors (Lipinski definition) is 1. The zero-order chi connectivity index (χ0) is 19.3. The molecule has 0 spiro atoms. The van der Waals surface area contributed by atoms with Crippen molar-refractivity contribution in [2.75, 3.05) is 20.3 Å². The van der Waals surface area contributed by atoms with Gasteiger partial charge in [0.2, 0.25) is 0 Å². The fourth-order valence-corrected chi connectivity index (χ4v) is 3.20. The number of carbonyl (C=O) groups excluding carboxylic acids is 1. The second-order valence-electron chi connectivity index (χ2n) is 6.45. The highest BCUT2D eigenvalue weighted by Gasteiger charge is 2.20. The summed E-state index contributed by atoms with van der Waals surface area (Å²) in [5.41, 5.74) is 2.50. The van der Waals surface area contributed by atoms with Gasteiger partial charge < -0.3 is 19.5 Å². The third kappa shape index (κ3) is 3.78. The van der Waals surface area contributed by atoms with Crippen LogP contribution < -0.4 is 19.5 Å². The van der Waals surface area contributed by atoms with Crippen LogP contribution in [0, 0.1) is 0 Å². The van der Waals surface area contributed by atoms with Gasteiger partial charge in [0.1, 0.15) is 19.0 Å². The summed E-state index contributed by atoms with van der Waals surface area (Å²) >= 11 is 0. The molecule has 5 heteroatoms. The van der Waals surface area contributed by atoms with Gasteiger partial charge in [0.25, 0.3) is 5.91 Å². The molecule has 1 aliphatic rings. The van der Waals surface area contributed by atoms with Gasteiger partial charge in [-0.1, -0.05) is 42.5 Å². The lowest BCUT2D eigenvalue weighted by atomic mass is 9.98. The number of hydrogen-bond acceptors (Lipinski definition) is 4. The van der Waals surface area contributed by atoms with Crippen molar-refractivity contribution in [3.05, 3.63) is 89.5 Å². The van der Waals surface area contributed by atoms with Gasteiger partial charge >= 0.3 is 0 Å². The van der Waals surface area contributed by atoms with Crippen LogP contribution in [-0.4, -0.2) is 26.2 Å². The number of rotatable bonds is 5. The second-order valence-corrected chi connectivity index (χ2v) is 6.45. The summed E-state index contributed by atoms with van der Waals surface area (Å²) in [6.45, 7) is 1.00. The fourth-order valence-electron chi connectivity index (χ4n) is 3.20. The van der Waals surface area contributed by atoms with E-state index in [-0.39, 0.29) is 11.9 Å². The largest absolute Gasteiger partial charge is 0.497 e. The summed E-state index contributed by atoms with van der Waals surface area (Å²) in [7, 11) is 1.63. The van der Waals surface area contributed by atoms with E-state index < -0.39 is 0 Å². The van der Waals surface area contributed by atoms with Gasteiger partial charge in [-0.05, 0) is 41.5 Å². The maximum absolute atomic E-state index is 13.0. The molecule has 1 aliphatic heterocycles. The fraction of sp³-hybridized carbons (Fsp3) is 0.174. The molecule has 3 aromatic carbocycles. The van der Waals surface area contributed by atoms with E-state index >= 15 is 0 Å². The molecule has 1 unspecified atom stereocenters. The number of benzene rings is 3. The molecule has 0 saturated carbocycles. The minimum atomic E-state index is -0.284. The van der Waals surface area contributed by atoms with E-state index in [1.165, 1.54) is 0 Å². The van der Waals surface area contributed by atoms with Crippen molar-refractivity contribution < 1.29 is 19.0 Å². The number of nitrogens with one attached hydrogen (secondary N) is 1. The topological polar surface area (TPSA) is 56.8 Å². The Morgan fingerprint density at radius 2 is 1.57 bits per heavy atom. The van der Waals surface area contributed by atoms with Gasteiger partial charge in [-0.2, -0.15) is 0 Å². The first-order valence-corrected chi connectivity index (χ1v) is 9.14. The number of amides is 1. The lowest BCUT2D eigenvalue weighted by molar-refractivity contribution is 0.0941. The highest BCUT2D eigenvalue weighted by atomic mass is 16.6. The molecule has 0 fully saturated rings. The van der Waals surface area contributed by atoms with Gasteiger partial charge in [0, 0.05) is 5.56 Å². The Hall–Kier alpha value is -3.47. The monoisotopic (exact) mass is 375 g/mol. The first-order chi connectivity index (χ1) is 13.7. The summed E-state index contributed by atoms with van der Waals surface area (Å²) in [6.07, 6.45) is 0. The quantitative estimate of drug-likeness (QED) is 0.733. The average Bonchev–Trinajstić information content (AvgIpc) is 2.77. The highest BCUT2D eigenvalue weighted by Crippen LogP contribution is 2.31. The lowest BCUT2D eigenvalue weighted by Crippen LogP contribution is -2.29. The summed E-state index contributed by atoms with van der Waals surface area (Å²) in [6, 6.07) is 22.5. The van der Waals surface area contributed by atoms with Crippen molar-refractivity contribution in [3.8, 4) is 17.2 Å². The van der Waals surface area contributed by atoms with Crippen LogP contribution in [0.15, 0.2) is 72.8 Å². The molecular weight excluding hydrogens is 354 g/mol. The van der Waals surface area contributed by atoms with E-state index in [0.717, 1.165) is 16.9 Å². The first kappa shape index (κ1) is 17.9. The Balaban J connectivity index is 1.62. The van der Waals surface area contributed by atoms with Crippen molar-refractivity contribution in [2.24, 2.45) is 0 Å². The van der Waals surface area contributed by atoms with Crippen LogP contribution in [0.5, 0.6) is 17.2 Å². The molecule has 1 atom stereocenters. The highest BCUT2D eigenvalue weighted by molar-refractivity contribution is 5.95. The molecule has 142 valence electrons. The van der Waals surface area contributed by atoms with Crippen molar-refractivity contribution in [1.29, 1.82) is 0 Å². The van der Waals surface area contributed by atoms with E-state index in [9.17, 15) is 4.79 Å². The van der Waals surface area contributed by atoms with E-state index in [2.05, 4.69) is 5.32 Å². The molecule has 5 nitrogen and oxygen atoms in total. The smallest absolute Gasteiger partial charge is 0.252 e. The summed E-state index contributed by atoms with van der Waals surface area (Å²) in [5, 5.41) is 3.13. The molecule has 0 saturated heterocycles. The Labute approximate surface area is 163 Å². The number of carbonyl (C=O) groups is 1. The van der Waals surface area contributed by atoms with Crippen LogP contribution in [0.1, 0.15) is 27.5 Å². The molecule has 1 heterocycles. The second kappa shape index (κ2) is 8.05. The summed E-state index contributed by atoms with van der Waals surface area (Å²) < 4.78 is 16.4. The van der Waals surface area contributed by atoms with Crippen LogP contribution in [0.25, 0.3) is 0 Å². The van der Waals surface area contributed by atoms with Gasteiger partial charge in [-0.3, -0.25) is 4.79 Å². The van der Waals surface area contributed by atoms with E-state index in [4.69, 9.17) is 14.2 Å². The SMILES string of the molecule is COc1ccc(C(NC(=O)c2ccc3c(c2)OCCO3)c2ccccc2)cc1. The number of fused-ring (bicyclic) bond motifs is 1. The lowest BCUT2D eigenvalue weighted by Gasteiger charge is -2.22. The molecule has 28 heavy (non-hydrogen) atoms. The maximum Gasteiger partial charge on any atom is 0.252 e. The Morgan fingerprint density at radius 1 is 0.893 bits per heavy atom. The summed E-state index contributed by atoms with van der Waals surface area (Å²) in [4.78, 5) is 13.0. The number of methoxy groups -OCH3 is 1. The third-order valence-corrected chi connectivity index (χ3v) is 4.66. The zero-order valence-corrected chi connectivity index (χ0v) is 15.6. The molecule has 3 aromatic rings. The van der Waals surface area contributed by atoms with Crippen LogP contribution in [0.3, 0.4) is 0 Å². The average molecular weight is 375 g/mol. The number of ether oxygens (including phenoxy) is 3. The zero-order valence-electron chi connectivity index (χ0n) is 15.6. The molecule has 4 rings (SSSR count). The van der Waals surface area contributed by atoms with Gasteiger partial charge in [-0.15, -0.1) is 0 Å². The van der Waals surface area contributed by atoms with Gasteiger partial charge in [-0.25, -0.2) is 0 Å². The molecular formula is C23H21NO4. The van der Waals surface area contributed by atoms with Gasteiger partial charge in [0.15, 0.2) is 11.5 Å². The normalized spacial score (nSPS) is 13.5. The van der Waals surface area contributed by atoms with Crippen LogP contribution >= 0.6 is 0 Å². The predicted molar refractivity (Wildman–Crippen MR) is 106 cm³/mol. The summed E-state index contributed by atoms with van der Waals surface area (Å²) in [5.74, 6) is 1.85. The van der Waals surface area contributed by atoms with Crippen LogP contribution in [-0.2, 0) is 0 Å². The third-order valence-electron chi connectivity index (χ3n) is 4.66. The Morgan fingerprint density at radius 3 is 2.29 bits per heavy atom. The van der Waals surface area contributed by atoms with E-state index in [0.29, 0.717) is 30.3 Å². The van der Waals surface area contributed by atoms with Crippen molar-refractivity contribution >= 4 is 5.91 Å². The molecule has 1 amide bonds. The molecule has 0 aromatic heterocycles.